The van der Waals surface area contributed by atoms with Crippen molar-refractivity contribution in [2.45, 2.75) is 38.8 Å². The lowest BCUT2D eigenvalue weighted by Gasteiger charge is -2.28. The van der Waals surface area contributed by atoms with E-state index in [0.29, 0.717) is 6.04 Å². The molecule has 1 fully saturated rings. The molecule has 0 radical (unpaired) electrons. The number of nitrogens with zero attached hydrogens (tertiary/aromatic N) is 2. The van der Waals surface area contributed by atoms with E-state index in [9.17, 15) is 5.11 Å². The monoisotopic (exact) mass is 249 g/mol. The summed E-state index contributed by atoms with van der Waals surface area (Å²) in [4.78, 5) is 6.76. The highest BCUT2D eigenvalue weighted by Crippen LogP contribution is 2.19. The van der Waals surface area contributed by atoms with Crippen molar-refractivity contribution >= 4 is 5.82 Å². The van der Waals surface area contributed by atoms with Crippen LogP contribution in [0.25, 0.3) is 0 Å². The Morgan fingerprint density at radius 1 is 1.50 bits per heavy atom. The second-order valence-electron chi connectivity index (χ2n) is 5.81. The number of aromatic nitrogens is 1. The van der Waals surface area contributed by atoms with Gasteiger partial charge in [-0.15, -0.1) is 0 Å². The number of aliphatic hydroxyl groups excluding tert-OH is 1. The van der Waals surface area contributed by atoms with E-state index in [1.165, 1.54) is 5.56 Å². The largest absolute Gasteiger partial charge is 0.394 e. The van der Waals surface area contributed by atoms with Crippen LogP contribution in [-0.4, -0.2) is 41.4 Å². The fourth-order valence-electron chi connectivity index (χ4n) is 2.33. The summed E-state index contributed by atoms with van der Waals surface area (Å²) in [7, 11) is 0. The van der Waals surface area contributed by atoms with Gasteiger partial charge in [-0.05, 0) is 38.8 Å². The lowest BCUT2D eigenvalue weighted by atomic mass is 10.1. The molecule has 1 aliphatic rings. The molecule has 1 unspecified atom stereocenters. The predicted octanol–water partition coefficient (Wildman–Crippen LogP) is 1.33. The standard InChI is InChI=1S/C14H23N3O/c1-11-4-5-13(15-8-11)17-7-6-12(9-17)16-14(2,3)10-18/h4-5,8,12,16,18H,6-7,9-10H2,1-3H3. The molecule has 2 rings (SSSR count). The molecule has 1 aromatic rings. The number of pyridine rings is 1. The molecule has 1 saturated heterocycles. The third-order valence-electron chi connectivity index (χ3n) is 3.40. The molecule has 0 aromatic carbocycles. The predicted molar refractivity (Wildman–Crippen MR) is 73.9 cm³/mol. The van der Waals surface area contributed by atoms with Crippen LogP contribution in [0.3, 0.4) is 0 Å². The molecule has 4 nitrogen and oxygen atoms in total. The summed E-state index contributed by atoms with van der Waals surface area (Å²) in [6, 6.07) is 4.60. The Bertz CT molecular complexity index is 389. The maximum absolute atomic E-state index is 9.28. The van der Waals surface area contributed by atoms with Crippen molar-refractivity contribution in [2.24, 2.45) is 0 Å². The Kier molecular flexibility index (Phi) is 3.88. The van der Waals surface area contributed by atoms with E-state index in [1.807, 2.05) is 20.0 Å². The Labute approximate surface area is 109 Å². The molecule has 0 bridgehead atoms. The first kappa shape index (κ1) is 13.3. The van der Waals surface area contributed by atoms with Crippen LogP contribution in [0.5, 0.6) is 0 Å². The van der Waals surface area contributed by atoms with Gasteiger partial charge in [0.15, 0.2) is 0 Å². The van der Waals surface area contributed by atoms with Crippen molar-refractivity contribution < 1.29 is 5.11 Å². The van der Waals surface area contributed by atoms with Crippen molar-refractivity contribution in [1.29, 1.82) is 0 Å². The first-order valence-corrected chi connectivity index (χ1v) is 6.56. The summed E-state index contributed by atoms with van der Waals surface area (Å²) < 4.78 is 0. The molecule has 1 aliphatic heterocycles. The number of aliphatic hydroxyl groups is 1. The molecule has 100 valence electrons. The average Bonchev–Trinajstić information content (AvgIpc) is 2.78. The van der Waals surface area contributed by atoms with E-state index in [4.69, 9.17) is 0 Å². The van der Waals surface area contributed by atoms with Gasteiger partial charge in [-0.3, -0.25) is 0 Å². The summed E-state index contributed by atoms with van der Waals surface area (Å²) in [6.45, 7) is 8.25. The molecule has 4 heteroatoms. The SMILES string of the molecule is Cc1ccc(N2CCC(NC(C)(C)CO)C2)nc1. The summed E-state index contributed by atoms with van der Waals surface area (Å²) in [6.07, 6.45) is 3.01. The van der Waals surface area contributed by atoms with Gasteiger partial charge < -0.3 is 15.3 Å². The van der Waals surface area contributed by atoms with E-state index in [2.05, 4.69) is 34.3 Å². The second kappa shape index (κ2) is 5.24. The first-order valence-electron chi connectivity index (χ1n) is 6.56. The first-order chi connectivity index (χ1) is 8.50. The van der Waals surface area contributed by atoms with Crippen LogP contribution in [0.15, 0.2) is 18.3 Å². The maximum atomic E-state index is 9.28. The molecule has 18 heavy (non-hydrogen) atoms. The number of anilines is 1. The molecule has 0 saturated carbocycles. The Morgan fingerprint density at radius 3 is 2.89 bits per heavy atom. The fourth-order valence-corrected chi connectivity index (χ4v) is 2.33. The Hall–Kier alpha value is -1.13. The fraction of sp³-hybridized carbons (Fsp3) is 0.643. The normalized spacial score (nSPS) is 20.4. The molecule has 2 heterocycles. The lowest BCUT2D eigenvalue weighted by Crippen LogP contribution is -2.49. The number of hydrogen-bond donors (Lipinski definition) is 2. The van der Waals surface area contributed by atoms with Crippen LogP contribution in [0.2, 0.25) is 0 Å². The summed E-state index contributed by atoms with van der Waals surface area (Å²) in [5, 5.41) is 12.8. The van der Waals surface area contributed by atoms with Crippen LogP contribution >= 0.6 is 0 Å². The second-order valence-corrected chi connectivity index (χ2v) is 5.81. The van der Waals surface area contributed by atoms with E-state index < -0.39 is 0 Å². The minimum atomic E-state index is -0.207. The van der Waals surface area contributed by atoms with Crippen LogP contribution in [0, 0.1) is 6.92 Å². The van der Waals surface area contributed by atoms with Crippen molar-refractivity contribution in [3.05, 3.63) is 23.9 Å². The molecule has 0 aliphatic carbocycles. The maximum Gasteiger partial charge on any atom is 0.128 e. The topological polar surface area (TPSA) is 48.4 Å². The zero-order valence-corrected chi connectivity index (χ0v) is 11.5. The number of aryl methyl sites for hydroxylation is 1. The smallest absolute Gasteiger partial charge is 0.128 e. The summed E-state index contributed by atoms with van der Waals surface area (Å²) in [5.74, 6) is 1.05. The average molecular weight is 249 g/mol. The van der Waals surface area contributed by atoms with E-state index in [-0.39, 0.29) is 12.1 Å². The number of rotatable bonds is 4. The van der Waals surface area contributed by atoms with Gasteiger partial charge in [0, 0.05) is 30.9 Å². The van der Waals surface area contributed by atoms with Crippen molar-refractivity contribution in [3.63, 3.8) is 0 Å². The van der Waals surface area contributed by atoms with E-state index in [0.717, 1.165) is 25.3 Å². The minimum absolute atomic E-state index is 0.159. The van der Waals surface area contributed by atoms with Gasteiger partial charge in [-0.1, -0.05) is 6.07 Å². The number of hydrogen-bond acceptors (Lipinski definition) is 4. The van der Waals surface area contributed by atoms with Crippen molar-refractivity contribution in [1.82, 2.24) is 10.3 Å². The van der Waals surface area contributed by atoms with Gasteiger partial charge in [0.25, 0.3) is 0 Å². The van der Waals surface area contributed by atoms with Gasteiger partial charge in [0.05, 0.1) is 6.61 Å². The molecular formula is C14H23N3O. The Balaban J connectivity index is 1.94. The molecular weight excluding hydrogens is 226 g/mol. The van der Waals surface area contributed by atoms with Crippen LogP contribution in [0.1, 0.15) is 25.8 Å². The molecule has 1 aromatic heterocycles. The summed E-state index contributed by atoms with van der Waals surface area (Å²) in [5.41, 5.74) is 0.982. The molecule has 1 atom stereocenters. The van der Waals surface area contributed by atoms with Gasteiger partial charge in [-0.2, -0.15) is 0 Å². The van der Waals surface area contributed by atoms with Gasteiger partial charge in [0.1, 0.15) is 5.82 Å². The highest BCUT2D eigenvalue weighted by atomic mass is 16.3. The van der Waals surface area contributed by atoms with E-state index >= 15 is 0 Å². The van der Waals surface area contributed by atoms with Crippen molar-refractivity contribution in [2.75, 3.05) is 24.6 Å². The quantitative estimate of drug-likeness (QED) is 0.845. The van der Waals surface area contributed by atoms with Gasteiger partial charge >= 0.3 is 0 Å². The molecule has 0 amide bonds. The highest BCUT2D eigenvalue weighted by Gasteiger charge is 2.28. The van der Waals surface area contributed by atoms with Crippen LogP contribution in [0.4, 0.5) is 5.82 Å². The van der Waals surface area contributed by atoms with Gasteiger partial charge in [-0.25, -0.2) is 4.98 Å². The highest BCUT2D eigenvalue weighted by molar-refractivity contribution is 5.40. The van der Waals surface area contributed by atoms with Crippen LogP contribution in [-0.2, 0) is 0 Å². The summed E-state index contributed by atoms with van der Waals surface area (Å²) >= 11 is 0. The molecule has 0 spiro atoms. The minimum Gasteiger partial charge on any atom is -0.394 e. The zero-order valence-electron chi connectivity index (χ0n) is 11.5. The Morgan fingerprint density at radius 2 is 2.28 bits per heavy atom. The molecule has 2 N–H and O–H groups in total. The zero-order chi connectivity index (χ0) is 13.2. The number of nitrogens with one attached hydrogen (secondary N) is 1. The van der Waals surface area contributed by atoms with Crippen LogP contribution < -0.4 is 10.2 Å². The van der Waals surface area contributed by atoms with Crippen molar-refractivity contribution in [3.8, 4) is 0 Å². The van der Waals surface area contributed by atoms with Gasteiger partial charge in [0.2, 0.25) is 0 Å². The lowest BCUT2D eigenvalue weighted by molar-refractivity contribution is 0.178. The third kappa shape index (κ3) is 3.21. The van der Waals surface area contributed by atoms with E-state index in [1.54, 1.807) is 0 Å². The third-order valence-corrected chi connectivity index (χ3v) is 3.40.